The van der Waals surface area contributed by atoms with Crippen molar-refractivity contribution in [3.8, 4) is 11.3 Å². The maximum absolute atomic E-state index is 9.18. The highest BCUT2D eigenvalue weighted by Gasteiger charge is 2.06. The number of aryl methyl sites for hydroxylation is 1. The molecule has 0 amide bonds. The first-order chi connectivity index (χ1) is 9.67. The van der Waals surface area contributed by atoms with Gasteiger partial charge in [0.25, 0.3) is 0 Å². The van der Waals surface area contributed by atoms with Gasteiger partial charge in [-0.05, 0) is 48.9 Å². The predicted octanol–water partition coefficient (Wildman–Crippen LogP) is 4.35. The van der Waals surface area contributed by atoms with Gasteiger partial charge in [-0.25, -0.2) is 0 Å². The predicted molar refractivity (Wildman–Crippen MR) is 78.7 cm³/mol. The van der Waals surface area contributed by atoms with Crippen molar-refractivity contribution in [3.05, 3.63) is 64.5 Å². The van der Waals surface area contributed by atoms with E-state index in [2.05, 4.69) is 5.16 Å². The maximum Gasteiger partial charge on any atom is 0.137 e. The summed E-state index contributed by atoms with van der Waals surface area (Å²) in [5, 5.41) is 14.4. The molecule has 0 aliphatic carbocycles. The lowest BCUT2D eigenvalue weighted by Gasteiger charge is -2.05. The van der Waals surface area contributed by atoms with Gasteiger partial charge in [0.2, 0.25) is 0 Å². The van der Waals surface area contributed by atoms with Gasteiger partial charge in [-0.2, -0.15) is 0 Å². The molecule has 1 N–H and O–H groups in total. The highest BCUT2D eigenvalue weighted by molar-refractivity contribution is 6.30. The molecule has 1 heterocycles. The van der Waals surface area contributed by atoms with Crippen LogP contribution in [0.25, 0.3) is 22.3 Å². The van der Waals surface area contributed by atoms with Crippen LogP contribution in [-0.2, 0) is 0 Å². The summed E-state index contributed by atoms with van der Waals surface area (Å²) < 4.78 is 5.90. The first kappa shape index (κ1) is 12.8. The van der Waals surface area contributed by atoms with E-state index in [4.69, 9.17) is 16.0 Å². The Morgan fingerprint density at radius 2 is 1.80 bits per heavy atom. The Morgan fingerprint density at radius 1 is 1.05 bits per heavy atom. The number of fused-ring (bicyclic) bond motifs is 1. The SMILES string of the molecule is Cc1ccc2/c(=N/O)cc(-c3ccc(Cl)cc3)oc2c1. The largest absolute Gasteiger partial charge is 0.456 e. The fourth-order valence-corrected chi connectivity index (χ4v) is 2.24. The van der Waals surface area contributed by atoms with Gasteiger partial charge >= 0.3 is 0 Å². The molecule has 4 heteroatoms. The van der Waals surface area contributed by atoms with Gasteiger partial charge in [0.1, 0.15) is 16.7 Å². The molecular weight excluding hydrogens is 274 g/mol. The fourth-order valence-electron chi connectivity index (χ4n) is 2.11. The molecule has 20 heavy (non-hydrogen) atoms. The van der Waals surface area contributed by atoms with E-state index in [1.807, 2.05) is 37.3 Å². The minimum absolute atomic E-state index is 0.483. The third-order valence-corrected chi connectivity index (χ3v) is 3.39. The average molecular weight is 286 g/mol. The van der Waals surface area contributed by atoms with E-state index >= 15 is 0 Å². The summed E-state index contributed by atoms with van der Waals surface area (Å²) in [7, 11) is 0. The van der Waals surface area contributed by atoms with Crippen molar-refractivity contribution in [1.29, 1.82) is 0 Å². The third kappa shape index (κ3) is 2.28. The quantitative estimate of drug-likeness (QED) is 0.533. The lowest BCUT2D eigenvalue weighted by Crippen LogP contribution is -2.03. The standard InChI is InChI=1S/C16H12ClNO2/c1-10-2-7-13-14(18-19)9-15(20-16(13)8-10)11-3-5-12(17)6-4-11/h2-9,19H,1H3/b18-14+. The number of halogens is 1. The lowest BCUT2D eigenvalue weighted by atomic mass is 10.1. The molecule has 0 saturated heterocycles. The van der Waals surface area contributed by atoms with E-state index in [1.165, 1.54) is 0 Å². The molecule has 3 rings (SSSR count). The van der Waals surface area contributed by atoms with Crippen LogP contribution < -0.4 is 5.36 Å². The Kier molecular flexibility index (Phi) is 3.20. The van der Waals surface area contributed by atoms with Gasteiger partial charge < -0.3 is 9.62 Å². The van der Waals surface area contributed by atoms with Crippen molar-refractivity contribution in [1.82, 2.24) is 0 Å². The number of hydrogen-bond acceptors (Lipinski definition) is 3. The molecule has 0 unspecified atom stereocenters. The van der Waals surface area contributed by atoms with Crippen LogP contribution in [0.2, 0.25) is 5.02 Å². The minimum Gasteiger partial charge on any atom is -0.456 e. The molecule has 0 spiro atoms. The van der Waals surface area contributed by atoms with E-state index in [-0.39, 0.29) is 0 Å². The smallest absolute Gasteiger partial charge is 0.137 e. The zero-order valence-corrected chi connectivity index (χ0v) is 11.6. The van der Waals surface area contributed by atoms with Crippen LogP contribution in [0.4, 0.5) is 0 Å². The van der Waals surface area contributed by atoms with E-state index in [1.54, 1.807) is 18.2 Å². The number of hydrogen-bond donors (Lipinski definition) is 1. The van der Waals surface area contributed by atoms with Crippen LogP contribution >= 0.6 is 11.6 Å². The number of benzene rings is 2. The van der Waals surface area contributed by atoms with Crippen LogP contribution in [0, 0.1) is 6.92 Å². The molecule has 1 aromatic heterocycles. The second kappa shape index (κ2) is 5.02. The number of rotatable bonds is 1. The molecule has 0 saturated carbocycles. The van der Waals surface area contributed by atoms with Gasteiger partial charge in [-0.15, -0.1) is 0 Å². The molecule has 0 radical (unpaired) electrons. The molecule has 0 atom stereocenters. The van der Waals surface area contributed by atoms with Crippen LogP contribution in [0.5, 0.6) is 0 Å². The van der Waals surface area contributed by atoms with E-state index < -0.39 is 0 Å². The summed E-state index contributed by atoms with van der Waals surface area (Å²) in [5.74, 6) is 0.632. The first-order valence-electron chi connectivity index (χ1n) is 6.16. The topological polar surface area (TPSA) is 45.7 Å². The van der Waals surface area contributed by atoms with Gasteiger partial charge in [-0.3, -0.25) is 0 Å². The second-order valence-electron chi connectivity index (χ2n) is 4.60. The Hall–Kier alpha value is -2.26. The monoisotopic (exact) mass is 285 g/mol. The van der Waals surface area contributed by atoms with Crippen LogP contribution in [0.15, 0.2) is 58.1 Å². The van der Waals surface area contributed by atoms with E-state index in [0.29, 0.717) is 21.7 Å². The van der Waals surface area contributed by atoms with Crippen LogP contribution in [0.3, 0.4) is 0 Å². The highest BCUT2D eigenvalue weighted by Crippen LogP contribution is 2.24. The molecule has 0 aliphatic rings. The van der Waals surface area contributed by atoms with Gasteiger partial charge in [0.15, 0.2) is 0 Å². The molecular formula is C16H12ClNO2. The van der Waals surface area contributed by atoms with Crippen molar-refractivity contribution in [2.45, 2.75) is 6.92 Å². The zero-order chi connectivity index (χ0) is 14.1. The summed E-state index contributed by atoms with van der Waals surface area (Å²) in [6.07, 6.45) is 0. The van der Waals surface area contributed by atoms with Gasteiger partial charge in [0.05, 0.1) is 0 Å². The summed E-state index contributed by atoms with van der Waals surface area (Å²) >= 11 is 5.88. The Labute approximate surface area is 120 Å². The summed E-state index contributed by atoms with van der Waals surface area (Å²) in [6.45, 7) is 1.99. The molecule has 3 aromatic rings. The van der Waals surface area contributed by atoms with Crippen molar-refractivity contribution in [2.24, 2.45) is 5.16 Å². The lowest BCUT2D eigenvalue weighted by molar-refractivity contribution is 0.302. The number of nitrogens with zero attached hydrogens (tertiary/aromatic N) is 1. The summed E-state index contributed by atoms with van der Waals surface area (Å²) in [5.41, 5.74) is 2.64. The summed E-state index contributed by atoms with van der Waals surface area (Å²) in [4.78, 5) is 0. The van der Waals surface area contributed by atoms with Crippen molar-refractivity contribution >= 4 is 22.6 Å². The Bertz CT molecular complexity index is 835. The third-order valence-electron chi connectivity index (χ3n) is 3.14. The maximum atomic E-state index is 9.18. The Balaban J connectivity index is 2.29. The second-order valence-corrected chi connectivity index (χ2v) is 5.04. The first-order valence-corrected chi connectivity index (χ1v) is 6.54. The Morgan fingerprint density at radius 3 is 2.50 bits per heavy atom. The molecule has 0 fully saturated rings. The summed E-state index contributed by atoms with van der Waals surface area (Å²) in [6, 6.07) is 14.8. The van der Waals surface area contributed by atoms with Gasteiger partial charge in [0, 0.05) is 22.0 Å². The zero-order valence-electron chi connectivity index (χ0n) is 10.8. The van der Waals surface area contributed by atoms with Crippen molar-refractivity contribution in [2.75, 3.05) is 0 Å². The highest BCUT2D eigenvalue weighted by atomic mass is 35.5. The van der Waals surface area contributed by atoms with E-state index in [0.717, 1.165) is 16.5 Å². The average Bonchev–Trinajstić information content (AvgIpc) is 2.46. The fraction of sp³-hybridized carbons (Fsp3) is 0.0625. The van der Waals surface area contributed by atoms with Crippen LogP contribution in [-0.4, -0.2) is 5.21 Å². The minimum atomic E-state index is 0.483. The van der Waals surface area contributed by atoms with Crippen molar-refractivity contribution in [3.63, 3.8) is 0 Å². The molecule has 0 aliphatic heterocycles. The van der Waals surface area contributed by atoms with Gasteiger partial charge in [-0.1, -0.05) is 22.8 Å². The molecule has 2 aromatic carbocycles. The van der Waals surface area contributed by atoms with Crippen LogP contribution in [0.1, 0.15) is 5.56 Å². The van der Waals surface area contributed by atoms with E-state index in [9.17, 15) is 5.21 Å². The normalized spacial score (nSPS) is 12.0. The molecule has 0 bridgehead atoms. The molecule has 100 valence electrons. The van der Waals surface area contributed by atoms with Crippen molar-refractivity contribution < 1.29 is 9.62 Å². The molecule has 3 nitrogen and oxygen atoms in total.